The fraction of sp³-hybridized carbons (Fsp3) is 0.200. The summed E-state index contributed by atoms with van der Waals surface area (Å²) in [7, 11) is 0. The first-order chi connectivity index (χ1) is 11.1. The Bertz CT molecular complexity index is 806. The Labute approximate surface area is 136 Å². The van der Waals surface area contributed by atoms with E-state index in [2.05, 4.69) is 18.0 Å². The van der Waals surface area contributed by atoms with Crippen LogP contribution in [0.2, 0.25) is 0 Å². The summed E-state index contributed by atoms with van der Waals surface area (Å²) >= 11 is 0. The number of carbonyl (C=O) groups is 1. The summed E-state index contributed by atoms with van der Waals surface area (Å²) in [6.45, 7) is 5.98. The van der Waals surface area contributed by atoms with Crippen molar-refractivity contribution >= 4 is 11.6 Å². The van der Waals surface area contributed by atoms with E-state index >= 15 is 0 Å². The molecule has 2 atom stereocenters. The van der Waals surface area contributed by atoms with Gasteiger partial charge in [0.05, 0.1) is 12.5 Å². The number of hydrogen-bond acceptors (Lipinski definition) is 2. The molecule has 0 fully saturated rings. The first-order valence-electron chi connectivity index (χ1n) is 7.57. The number of hydrogen-bond donors (Lipinski definition) is 1. The minimum absolute atomic E-state index is 0.0905. The molecule has 0 saturated carbocycles. The van der Waals surface area contributed by atoms with Crippen molar-refractivity contribution in [2.45, 2.75) is 24.2 Å². The van der Waals surface area contributed by atoms with Gasteiger partial charge < -0.3 is 5.32 Å². The maximum absolute atomic E-state index is 13.0. The molecule has 114 valence electrons. The largest absolute Gasteiger partial charge is 0.325 e. The van der Waals surface area contributed by atoms with Crippen LogP contribution in [0.3, 0.4) is 0 Å². The third-order valence-electron chi connectivity index (χ3n) is 5.04. The van der Waals surface area contributed by atoms with Gasteiger partial charge in [-0.05, 0) is 17.2 Å². The minimum Gasteiger partial charge on any atom is -0.325 e. The summed E-state index contributed by atoms with van der Waals surface area (Å²) in [6, 6.07) is 19.6. The molecular formula is C20H18N2O. The van der Waals surface area contributed by atoms with Crippen molar-refractivity contribution < 1.29 is 4.79 Å². The second kappa shape index (κ2) is 5.40. The highest BCUT2D eigenvalue weighted by Crippen LogP contribution is 2.53. The van der Waals surface area contributed by atoms with Crippen molar-refractivity contribution in [3.63, 3.8) is 0 Å². The lowest BCUT2D eigenvalue weighted by Crippen LogP contribution is -2.50. The van der Waals surface area contributed by atoms with Crippen molar-refractivity contribution in [1.82, 2.24) is 0 Å². The Hall–Kier alpha value is -2.86. The van der Waals surface area contributed by atoms with Gasteiger partial charge in [-0.1, -0.05) is 61.5 Å². The second-order valence-corrected chi connectivity index (χ2v) is 6.01. The average Bonchev–Trinajstić information content (AvgIpc) is 2.88. The van der Waals surface area contributed by atoms with Gasteiger partial charge in [0, 0.05) is 11.1 Å². The predicted molar refractivity (Wildman–Crippen MR) is 91.0 cm³/mol. The highest BCUT2D eigenvalue weighted by Gasteiger charge is 2.58. The quantitative estimate of drug-likeness (QED) is 0.870. The molecule has 1 amide bonds. The minimum atomic E-state index is -0.985. The lowest BCUT2D eigenvalue weighted by molar-refractivity contribution is -0.122. The maximum Gasteiger partial charge on any atom is 0.237 e. The van der Waals surface area contributed by atoms with Gasteiger partial charge in [0.2, 0.25) is 5.91 Å². The third kappa shape index (κ3) is 1.92. The van der Waals surface area contributed by atoms with Crippen LogP contribution in [0.25, 0.3) is 0 Å². The third-order valence-corrected chi connectivity index (χ3v) is 5.04. The van der Waals surface area contributed by atoms with E-state index in [1.54, 1.807) is 6.08 Å². The van der Waals surface area contributed by atoms with E-state index in [0.717, 1.165) is 16.8 Å². The van der Waals surface area contributed by atoms with Crippen molar-refractivity contribution in [2.24, 2.45) is 0 Å². The van der Waals surface area contributed by atoms with E-state index in [9.17, 15) is 10.1 Å². The molecule has 1 aliphatic heterocycles. The molecule has 1 N–H and O–H groups in total. The van der Waals surface area contributed by atoms with Crippen LogP contribution in [-0.4, -0.2) is 5.91 Å². The van der Waals surface area contributed by atoms with Crippen LogP contribution in [0.4, 0.5) is 5.69 Å². The van der Waals surface area contributed by atoms with Gasteiger partial charge in [-0.15, -0.1) is 6.58 Å². The van der Waals surface area contributed by atoms with E-state index in [4.69, 9.17) is 0 Å². The summed E-state index contributed by atoms with van der Waals surface area (Å²) in [5.74, 6) is -0.147. The zero-order valence-electron chi connectivity index (χ0n) is 13.0. The molecule has 0 radical (unpaired) electrons. The standard InChI is InChI=1S/C20H18N2O/c1-3-19(2,15-9-5-4-6-10-15)20(13-14-21)16-11-7-8-12-17(16)22-18(20)23/h3-12H,1,13H2,2H3,(H,22,23)/t19-,20+/m0/s1. The Morgan fingerprint density at radius 1 is 1.22 bits per heavy atom. The summed E-state index contributed by atoms with van der Waals surface area (Å²) in [5.41, 5.74) is 0.925. The molecule has 0 spiro atoms. The molecule has 1 heterocycles. The first-order valence-corrected chi connectivity index (χ1v) is 7.57. The number of nitriles is 1. The number of para-hydroxylation sites is 1. The fourth-order valence-corrected chi connectivity index (χ4v) is 3.63. The van der Waals surface area contributed by atoms with Crippen LogP contribution in [0, 0.1) is 11.3 Å². The number of amides is 1. The lowest BCUT2D eigenvalue weighted by Gasteiger charge is -2.42. The monoisotopic (exact) mass is 302 g/mol. The molecule has 23 heavy (non-hydrogen) atoms. The van der Waals surface area contributed by atoms with Crippen LogP contribution in [0.5, 0.6) is 0 Å². The lowest BCUT2D eigenvalue weighted by atomic mass is 9.57. The van der Waals surface area contributed by atoms with Crippen LogP contribution in [-0.2, 0) is 15.6 Å². The molecule has 0 saturated heterocycles. The molecule has 3 rings (SSSR count). The molecule has 2 aromatic rings. The fourth-order valence-electron chi connectivity index (χ4n) is 3.63. The van der Waals surface area contributed by atoms with Crippen LogP contribution >= 0.6 is 0 Å². The van der Waals surface area contributed by atoms with Gasteiger partial charge in [-0.25, -0.2) is 0 Å². The van der Waals surface area contributed by atoms with E-state index in [1.165, 1.54) is 0 Å². The number of fused-ring (bicyclic) bond motifs is 1. The Morgan fingerprint density at radius 3 is 2.52 bits per heavy atom. The molecule has 0 bridgehead atoms. The first kappa shape index (κ1) is 15.1. The molecule has 2 aromatic carbocycles. The van der Waals surface area contributed by atoms with Gasteiger partial charge >= 0.3 is 0 Å². The smallest absolute Gasteiger partial charge is 0.237 e. The van der Waals surface area contributed by atoms with Gasteiger partial charge in [-0.2, -0.15) is 5.26 Å². The van der Waals surface area contributed by atoms with E-state index in [0.29, 0.717) is 0 Å². The number of nitrogens with one attached hydrogen (secondary N) is 1. The molecule has 0 aliphatic carbocycles. The maximum atomic E-state index is 13.0. The van der Waals surface area contributed by atoms with E-state index < -0.39 is 10.8 Å². The highest BCUT2D eigenvalue weighted by molar-refractivity contribution is 6.08. The Kier molecular flexibility index (Phi) is 3.54. The molecule has 3 nitrogen and oxygen atoms in total. The summed E-state index contributed by atoms with van der Waals surface area (Å²) < 4.78 is 0. The van der Waals surface area contributed by atoms with Crippen LogP contribution in [0.1, 0.15) is 24.5 Å². The van der Waals surface area contributed by atoms with Gasteiger partial charge in [-0.3, -0.25) is 4.79 Å². The second-order valence-electron chi connectivity index (χ2n) is 6.01. The van der Waals surface area contributed by atoms with Gasteiger partial charge in [0.25, 0.3) is 0 Å². The zero-order valence-corrected chi connectivity index (χ0v) is 13.0. The molecule has 3 heteroatoms. The number of anilines is 1. The number of nitrogens with zero attached hydrogens (tertiary/aromatic N) is 1. The van der Waals surface area contributed by atoms with Crippen molar-refractivity contribution in [3.05, 3.63) is 78.4 Å². The number of rotatable bonds is 4. The van der Waals surface area contributed by atoms with E-state index in [-0.39, 0.29) is 12.3 Å². The van der Waals surface area contributed by atoms with Gasteiger partial charge in [0.1, 0.15) is 5.41 Å². The Morgan fingerprint density at radius 2 is 1.87 bits per heavy atom. The molecule has 0 unspecified atom stereocenters. The SMILES string of the molecule is C=C[C@@](C)(c1ccccc1)[C@@]1(CC#N)C(=O)Nc2ccccc21. The predicted octanol–water partition coefficient (Wildman–Crippen LogP) is 3.93. The normalized spacial score (nSPS) is 21.7. The highest BCUT2D eigenvalue weighted by atomic mass is 16.2. The topological polar surface area (TPSA) is 52.9 Å². The molecule has 1 aliphatic rings. The van der Waals surface area contributed by atoms with Crippen LogP contribution < -0.4 is 5.32 Å². The van der Waals surface area contributed by atoms with Crippen LogP contribution in [0.15, 0.2) is 67.3 Å². The number of benzene rings is 2. The summed E-state index contributed by atoms with van der Waals surface area (Å²) in [5, 5.41) is 12.4. The molecular weight excluding hydrogens is 284 g/mol. The van der Waals surface area contributed by atoms with Crippen molar-refractivity contribution in [1.29, 1.82) is 5.26 Å². The number of allylic oxidation sites excluding steroid dienone is 1. The van der Waals surface area contributed by atoms with E-state index in [1.807, 2.05) is 61.5 Å². The van der Waals surface area contributed by atoms with Gasteiger partial charge in [0.15, 0.2) is 0 Å². The Balaban J connectivity index is 2.33. The average molecular weight is 302 g/mol. The molecule has 0 aromatic heterocycles. The number of carbonyl (C=O) groups excluding carboxylic acids is 1. The van der Waals surface area contributed by atoms with Crippen molar-refractivity contribution in [2.75, 3.05) is 5.32 Å². The zero-order chi connectivity index (χ0) is 16.5. The van der Waals surface area contributed by atoms with Crippen molar-refractivity contribution in [3.8, 4) is 6.07 Å². The summed E-state index contributed by atoms with van der Waals surface area (Å²) in [4.78, 5) is 13.0. The summed E-state index contributed by atoms with van der Waals surface area (Å²) in [6.07, 6.45) is 1.88.